The van der Waals surface area contributed by atoms with Crippen molar-refractivity contribution in [3.8, 4) is 11.4 Å². The zero-order valence-electron chi connectivity index (χ0n) is 16.6. The summed E-state index contributed by atoms with van der Waals surface area (Å²) in [7, 11) is 0. The standard InChI is InChI=1S/C22H18ClN5O3/c1-2-27-20-17(12-24-19(26-20)14-6-4-3-5-7-14)21(30)28(22(27)31)13-18(29)25-16-10-8-15(23)9-11-16/h3-12H,2,13H2,1H3,(H,25,29). The molecule has 2 heterocycles. The Morgan fingerprint density at radius 3 is 2.42 bits per heavy atom. The number of carbonyl (C=O) groups excluding carboxylic acids is 1. The minimum absolute atomic E-state index is 0.167. The van der Waals surface area contributed by atoms with Crippen LogP contribution in [-0.2, 0) is 17.9 Å². The van der Waals surface area contributed by atoms with Crippen molar-refractivity contribution in [3.05, 3.63) is 86.7 Å². The highest BCUT2D eigenvalue weighted by Crippen LogP contribution is 2.16. The SMILES string of the molecule is CCn1c(=O)n(CC(=O)Nc2ccc(Cl)cc2)c(=O)c2cnc(-c3ccccc3)nc21. The molecule has 4 aromatic rings. The van der Waals surface area contributed by atoms with E-state index in [9.17, 15) is 14.4 Å². The molecule has 9 heteroatoms. The van der Waals surface area contributed by atoms with Crippen LogP contribution in [0.5, 0.6) is 0 Å². The van der Waals surface area contributed by atoms with Crippen molar-refractivity contribution in [1.82, 2.24) is 19.1 Å². The monoisotopic (exact) mass is 435 g/mol. The Morgan fingerprint density at radius 1 is 1.03 bits per heavy atom. The van der Waals surface area contributed by atoms with Crippen LogP contribution in [0.1, 0.15) is 6.92 Å². The highest BCUT2D eigenvalue weighted by molar-refractivity contribution is 6.30. The van der Waals surface area contributed by atoms with Gasteiger partial charge in [-0.15, -0.1) is 0 Å². The molecule has 0 unspecified atom stereocenters. The smallest absolute Gasteiger partial charge is 0.325 e. The van der Waals surface area contributed by atoms with Crippen LogP contribution in [0.3, 0.4) is 0 Å². The molecule has 1 amide bonds. The molecule has 0 fully saturated rings. The van der Waals surface area contributed by atoms with Crippen LogP contribution in [0.25, 0.3) is 22.4 Å². The molecular formula is C22H18ClN5O3. The summed E-state index contributed by atoms with van der Waals surface area (Å²) in [6, 6.07) is 15.8. The molecule has 31 heavy (non-hydrogen) atoms. The number of aromatic nitrogens is 4. The summed E-state index contributed by atoms with van der Waals surface area (Å²) >= 11 is 5.84. The average Bonchev–Trinajstić information content (AvgIpc) is 2.79. The Bertz CT molecular complexity index is 1380. The van der Waals surface area contributed by atoms with E-state index in [4.69, 9.17) is 11.6 Å². The third-order valence-corrected chi connectivity index (χ3v) is 4.99. The first-order chi connectivity index (χ1) is 15.0. The van der Waals surface area contributed by atoms with E-state index in [1.807, 2.05) is 30.3 Å². The Balaban J connectivity index is 1.74. The van der Waals surface area contributed by atoms with Gasteiger partial charge in [0.25, 0.3) is 5.56 Å². The number of nitrogens with one attached hydrogen (secondary N) is 1. The van der Waals surface area contributed by atoms with Crippen molar-refractivity contribution >= 4 is 34.2 Å². The lowest BCUT2D eigenvalue weighted by atomic mass is 10.2. The van der Waals surface area contributed by atoms with E-state index in [0.717, 1.165) is 10.1 Å². The first-order valence-electron chi connectivity index (χ1n) is 9.59. The van der Waals surface area contributed by atoms with Gasteiger partial charge in [-0.1, -0.05) is 41.9 Å². The molecule has 8 nitrogen and oxygen atoms in total. The Kier molecular flexibility index (Phi) is 5.64. The second-order valence-corrected chi connectivity index (χ2v) is 7.21. The van der Waals surface area contributed by atoms with Crippen molar-refractivity contribution in [2.45, 2.75) is 20.0 Å². The van der Waals surface area contributed by atoms with Gasteiger partial charge >= 0.3 is 5.69 Å². The molecule has 4 rings (SSSR count). The van der Waals surface area contributed by atoms with Gasteiger partial charge in [0.05, 0.1) is 0 Å². The molecule has 0 aliphatic heterocycles. The maximum absolute atomic E-state index is 13.0. The van der Waals surface area contributed by atoms with Gasteiger partial charge in [0.15, 0.2) is 11.5 Å². The predicted octanol–water partition coefficient (Wildman–Crippen LogP) is 2.93. The molecular weight excluding hydrogens is 418 g/mol. The van der Waals surface area contributed by atoms with E-state index < -0.39 is 23.7 Å². The number of rotatable bonds is 5. The van der Waals surface area contributed by atoms with E-state index in [-0.39, 0.29) is 17.6 Å². The van der Waals surface area contributed by atoms with Crippen molar-refractivity contribution < 1.29 is 4.79 Å². The number of carbonyl (C=O) groups is 1. The van der Waals surface area contributed by atoms with Gasteiger partial charge in [-0.3, -0.25) is 18.7 Å². The summed E-state index contributed by atoms with van der Waals surface area (Å²) in [5, 5.41) is 3.35. The summed E-state index contributed by atoms with van der Waals surface area (Å²) in [5.74, 6) is -0.0994. The van der Waals surface area contributed by atoms with Crippen LogP contribution in [-0.4, -0.2) is 25.0 Å². The zero-order chi connectivity index (χ0) is 22.0. The fourth-order valence-corrected chi connectivity index (χ4v) is 3.35. The Labute approximate surface area is 181 Å². The first kappa shape index (κ1) is 20.5. The van der Waals surface area contributed by atoms with Crippen molar-refractivity contribution in [2.75, 3.05) is 5.32 Å². The first-order valence-corrected chi connectivity index (χ1v) is 9.97. The number of fused-ring (bicyclic) bond motifs is 1. The number of halogens is 1. The topological polar surface area (TPSA) is 98.9 Å². The van der Waals surface area contributed by atoms with Crippen LogP contribution >= 0.6 is 11.6 Å². The van der Waals surface area contributed by atoms with E-state index in [0.29, 0.717) is 16.5 Å². The Morgan fingerprint density at radius 2 is 1.74 bits per heavy atom. The molecule has 0 radical (unpaired) electrons. The highest BCUT2D eigenvalue weighted by Gasteiger charge is 2.17. The van der Waals surface area contributed by atoms with Crippen LogP contribution in [0.2, 0.25) is 5.02 Å². The van der Waals surface area contributed by atoms with Gasteiger partial charge in [-0.25, -0.2) is 14.8 Å². The average molecular weight is 436 g/mol. The summed E-state index contributed by atoms with van der Waals surface area (Å²) in [4.78, 5) is 47.2. The number of nitrogens with zero attached hydrogens (tertiary/aromatic N) is 4. The number of anilines is 1. The molecule has 2 aromatic carbocycles. The lowest BCUT2D eigenvalue weighted by Gasteiger charge is -2.13. The van der Waals surface area contributed by atoms with E-state index in [1.54, 1.807) is 31.2 Å². The van der Waals surface area contributed by atoms with Gasteiger partial charge in [-0.2, -0.15) is 0 Å². The third kappa shape index (κ3) is 4.10. The summed E-state index contributed by atoms with van der Waals surface area (Å²) in [5.41, 5.74) is 0.293. The molecule has 0 aliphatic rings. The maximum atomic E-state index is 13.0. The normalized spacial score (nSPS) is 10.9. The second-order valence-electron chi connectivity index (χ2n) is 6.77. The van der Waals surface area contributed by atoms with Crippen LogP contribution < -0.4 is 16.6 Å². The molecule has 0 saturated carbocycles. The van der Waals surface area contributed by atoms with E-state index in [2.05, 4.69) is 15.3 Å². The summed E-state index contributed by atoms with van der Waals surface area (Å²) < 4.78 is 2.25. The van der Waals surface area contributed by atoms with Crippen molar-refractivity contribution in [2.24, 2.45) is 0 Å². The molecule has 0 saturated heterocycles. The number of hydrogen-bond acceptors (Lipinski definition) is 5. The van der Waals surface area contributed by atoms with Gasteiger partial charge in [-0.05, 0) is 31.2 Å². The zero-order valence-corrected chi connectivity index (χ0v) is 17.3. The highest BCUT2D eigenvalue weighted by atomic mass is 35.5. The third-order valence-electron chi connectivity index (χ3n) is 4.74. The van der Waals surface area contributed by atoms with Crippen molar-refractivity contribution in [1.29, 1.82) is 0 Å². The lowest BCUT2D eigenvalue weighted by molar-refractivity contribution is -0.116. The maximum Gasteiger partial charge on any atom is 0.333 e. The second kappa shape index (κ2) is 8.53. The van der Waals surface area contributed by atoms with Crippen molar-refractivity contribution in [3.63, 3.8) is 0 Å². The summed E-state index contributed by atoms with van der Waals surface area (Å²) in [6.45, 7) is 1.62. The minimum atomic E-state index is -0.615. The molecule has 0 spiro atoms. The quantitative estimate of drug-likeness (QED) is 0.519. The van der Waals surface area contributed by atoms with Crippen LogP contribution in [0, 0.1) is 0 Å². The summed E-state index contributed by atoms with van der Waals surface area (Å²) in [6.07, 6.45) is 1.40. The largest absolute Gasteiger partial charge is 0.333 e. The molecule has 156 valence electrons. The van der Waals surface area contributed by atoms with Gasteiger partial charge < -0.3 is 5.32 Å². The molecule has 2 aromatic heterocycles. The fraction of sp³-hybridized carbons (Fsp3) is 0.136. The van der Waals surface area contributed by atoms with Gasteiger partial charge in [0.1, 0.15) is 11.9 Å². The molecule has 0 atom stereocenters. The number of amides is 1. The number of hydrogen-bond donors (Lipinski definition) is 1. The molecule has 0 aliphatic carbocycles. The molecule has 0 bridgehead atoms. The predicted molar refractivity (Wildman–Crippen MR) is 119 cm³/mol. The minimum Gasteiger partial charge on any atom is -0.325 e. The lowest BCUT2D eigenvalue weighted by Crippen LogP contribution is -2.42. The number of benzene rings is 2. The molecule has 1 N–H and O–H groups in total. The van der Waals surface area contributed by atoms with Gasteiger partial charge in [0.2, 0.25) is 5.91 Å². The van der Waals surface area contributed by atoms with E-state index in [1.165, 1.54) is 10.8 Å². The Hall–Kier alpha value is -3.78. The van der Waals surface area contributed by atoms with Gasteiger partial charge in [0, 0.05) is 29.0 Å². The van der Waals surface area contributed by atoms with E-state index >= 15 is 0 Å². The van der Waals surface area contributed by atoms with Crippen LogP contribution in [0.15, 0.2) is 70.4 Å². The van der Waals surface area contributed by atoms with Crippen LogP contribution in [0.4, 0.5) is 5.69 Å². The fourth-order valence-electron chi connectivity index (χ4n) is 3.23. The number of aryl methyl sites for hydroxylation is 1.